The molecular weight excluding hydrogens is 384 g/mol. The van der Waals surface area contributed by atoms with Crippen molar-refractivity contribution in [3.05, 3.63) is 89.9 Å². The molecule has 29 heavy (non-hydrogen) atoms. The smallest absolute Gasteiger partial charge is 0.243 e. The van der Waals surface area contributed by atoms with E-state index >= 15 is 0 Å². The van der Waals surface area contributed by atoms with Gasteiger partial charge in [-0.25, -0.2) is 4.98 Å². The van der Waals surface area contributed by atoms with Crippen molar-refractivity contribution in [2.45, 2.75) is 24.3 Å². The van der Waals surface area contributed by atoms with Gasteiger partial charge in [-0.05, 0) is 37.1 Å². The molecule has 1 atom stereocenters. The number of hydrogen-bond acceptors (Lipinski definition) is 5. The summed E-state index contributed by atoms with van der Waals surface area (Å²) in [5, 5.41) is 6.94. The van der Waals surface area contributed by atoms with Gasteiger partial charge in [0.05, 0.1) is 0 Å². The van der Waals surface area contributed by atoms with Gasteiger partial charge in [-0.1, -0.05) is 59.4 Å². The minimum atomic E-state index is -0.501. The highest BCUT2D eigenvalue weighted by Gasteiger charge is 2.25. The minimum Gasteiger partial charge on any atom is -0.360 e. The first kappa shape index (κ1) is 19.0. The van der Waals surface area contributed by atoms with E-state index in [2.05, 4.69) is 21.5 Å². The number of carbonyl (C=O) groups is 1. The Hall–Kier alpha value is -3.32. The van der Waals surface area contributed by atoms with Crippen LogP contribution in [0.4, 0.5) is 5.82 Å². The third-order valence-electron chi connectivity index (χ3n) is 4.33. The van der Waals surface area contributed by atoms with E-state index in [-0.39, 0.29) is 5.91 Å². The predicted molar refractivity (Wildman–Crippen MR) is 113 cm³/mol. The highest BCUT2D eigenvalue weighted by molar-refractivity contribution is 8.00. The van der Waals surface area contributed by atoms with Gasteiger partial charge in [0.15, 0.2) is 11.0 Å². The molecule has 2 aromatic carbocycles. The number of imidazole rings is 1. The van der Waals surface area contributed by atoms with E-state index in [0.29, 0.717) is 11.6 Å². The Morgan fingerprint density at radius 1 is 1.10 bits per heavy atom. The van der Waals surface area contributed by atoms with Crippen molar-refractivity contribution in [2.75, 3.05) is 5.32 Å². The van der Waals surface area contributed by atoms with Crippen LogP contribution in [-0.2, 0) is 4.79 Å². The summed E-state index contributed by atoms with van der Waals surface area (Å²) in [5.74, 6) is 0.851. The van der Waals surface area contributed by atoms with Gasteiger partial charge in [0.25, 0.3) is 0 Å². The first-order valence-corrected chi connectivity index (χ1v) is 10.0. The van der Waals surface area contributed by atoms with Crippen LogP contribution in [0.25, 0.3) is 5.69 Å². The quantitative estimate of drug-likeness (QED) is 0.460. The third-order valence-corrected chi connectivity index (χ3v) is 5.56. The van der Waals surface area contributed by atoms with Crippen LogP contribution in [0.3, 0.4) is 0 Å². The number of nitrogens with zero attached hydrogens (tertiary/aromatic N) is 3. The fourth-order valence-corrected chi connectivity index (χ4v) is 4.05. The molecule has 6 nitrogen and oxygen atoms in total. The number of carbonyl (C=O) groups excluding carboxylic acids is 1. The van der Waals surface area contributed by atoms with Crippen molar-refractivity contribution >= 4 is 23.5 Å². The fraction of sp³-hybridized carbons (Fsp3) is 0.136. The summed E-state index contributed by atoms with van der Waals surface area (Å²) in [6.07, 6.45) is 3.64. The number of aryl methyl sites for hydroxylation is 2. The second-order valence-corrected chi connectivity index (χ2v) is 7.71. The molecular formula is C22H20N4O2S. The summed E-state index contributed by atoms with van der Waals surface area (Å²) < 4.78 is 7.04. The first-order valence-electron chi connectivity index (χ1n) is 9.16. The maximum atomic E-state index is 13.1. The number of anilines is 1. The van der Waals surface area contributed by atoms with Crippen LogP contribution in [0.15, 0.2) is 82.7 Å². The number of aromatic nitrogens is 3. The molecule has 0 spiro atoms. The van der Waals surface area contributed by atoms with Crippen molar-refractivity contribution in [2.24, 2.45) is 0 Å². The molecule has 1 amide bonds. The summed E-state index contributed by atoms with van der Waals surface area (Å²) >= 11 is 1.39. The lowest BCUT2D eigenvalue weighted by Gasteiger charge is -2.17. The van der Waals surface area contributed by atoms with E-state index in [9.17, 15) is 4.79 Å². The first-order chi connectivity index (χ1) is 14.1. The molecule has 4 rings (SSSR count). The predicted octanol–water partition coefficient (Wildman–Crippen LogP) is 4.95. The number of thioether (sulfide) groups is 1. The van der Waals surface area contributed by atoms with Gasteiger partial charge < -0.3 is 9.84 Å². The van der Waals surface area contributed by atoms with Crippen LogP contribution in [0.1, 0.15) is 22.1 Å². The van der Waals surface area contributed by atoms with E-state index in [1.165, 1.54) is 11.8 Å². The maximum absolute atomic E-state index is 13.1. The summed E-state index contributed by atoms with van der Waals surface area (Å²) in [4.78, 5) is 17.6. The summed E-state index contributed by atoms with van der Waals surface area (Å²) in [7, 11) is 0. The van der Waals surface area contributed by atoms with Crippen LogP contribution < -0.4 is 5.32 Å². The summed E-state index contributed by atoms with van der Waals surface area (Å²) in [6, 6.07) is 19.5. The average molecular weight is 404 g/mol. The highest BCUT2D eigenvalue weighted by Crippen LogP contribution is 2.36. The number of rotatable bonds is 6. The number of benzene rings is 2. The fourth-order valence-electron chi connectivity index (χ4n) is 2.97. The van der Waals surface area contributed by atoms with Crippen molar-refractivity contribution in [3.63, 3.8) is 0 Å². The number of hydrogen-bond donors (Lipinski definition) is 1. The van der Waals surface area contributed by atoms with Crippen LogP contribution in [0.5, 0.6) is 0 Å². The number of nitrogens with one attached hydrogen (secondary N) is 1. The maximum Gasteiger partial charge on any atom is 0.243 e. The van der Waals surface area contributed by atoms with E-state index in [4.69, 9.17) is 4.52 Å². The van der Waals surface area contributed by atoms with E-state index in [1.807, 2.05) is 66.2 Å². The zero-order valence-electron chi connectivity index (χ0n) is 16.1. The largest absolute Gasteiger partial charge is 0.360 e. The van der Waals surface area contributed by atoms with Gasteiger partial charge in [0.1, 0.15) is 11.0 Å². The SMILES string of the molecule is Cc1cccc(-n2ccnc2S[C@H](C(=O)Nc2cc(C)on2)c2ccccc2)c1. The Bertz CT molecular complexity index is 1120. The van der Waals surface area contributed by atoms with Crippen LogP contribution in [0, 0.1) is 13.8 Å². The van der Waals surface area contributed by atoms with Gasteiger partial charge in [0, 0.05) is 24.1 Å². The Morgan fingerprint density at radius 2 is 1.93 bits per heavy atom. The average Bonchev–Trinajstić information content (AvgIpc) is 3.35. The Balaban J connectivity index is 1.65. The molecule has 0 radical (unpaired) electrons. The molecule has 0 saturated carbocycles. The lowest BCUT2D eigenvalue weighted by Crippen LogP contribution is -2.19. The molecule has 2 heterocycles. The molecule has 4 aromatic rings. The van der Waals surface area contributed by atoms with Gasteiger partial charge >= 0.3 is 0 Å². The molecule has 2 aromatic heterocycles. The normalized spacial score (nSPS) is 11.9. The third kappa shape index (κ3) is 4.41. The van der Waals surface area contributed by atoms with Crippen LogP contribution >= 0.6 is 11.8 Å². The zero-order chi connectivity index (χ0) is 20.2. The van der Waals surface area contributed by atoms with Crippen molar-refractivity contribution < 1.29 is 9.32 Å². The van der Waals surface area contributed by atoms with Gasteiger partial charge in [-0.15, -0.1) is 0 Å². The summed E-state index contributed by atoms with van der Waals surface area (Å²) in [6.45, 7) is 3.83. The molecule has 0 bridgehead atoms. The lowest BCUT2D eigenvalue weighted by atomic mass is 10.1. The monoisotopic (exact) mass is 404 g/mol. The molecule has 0 fully saturated rings. The highest BCUT2D eigenvalue weighted by atomic mass is 32.2. The van der Waals surface area contributed by atoms with Crippen molar-refractivity contribution in [3.8, 4) is 5.69 Å². The van der Waals surface area contributed by atoms with Crippen LogP contribution in [-0.4, -0.2) is 20.6 Å². The van der Waals surface area contributed by atoms with Crippen molar-refractivity contribution in [1.82, 2.24) is 14.7 Å². The van der Waals surface area contributed by atoms with E-state index < -0.39 is 5.25 Å². The van der Waals surface area contributed by atoms with E-state index in [0.717, 1.165) is 22.0 Å². The topological polar surface area (TPSA) is 73.0 Å². The molecule has 7 heteroatoms. The van der Waals surface area contributed by atoms with Crippen molar-refractivity contribution in [1.29, 1.82) is 0 Å². The van der Waals surface area contributed by atoms with E-state index in [1.54, 1.807) is 19.2 Å². The number of amides is 1. The minimum absolute atomic E-state index is 0.187. The summed E-state index contributed by atoms with van der Waals surface area (Å²) in [5.41, 5.74) is 3.05. The van der Waals surface area contributed by atoms with Gasteiger partial charge in [-0.3, -0.25) is 9.36 Å². The van der Waals surface area contributed by atoms with Gasteiger partial charge in [0.2, 0.25) is 5.91 Å². The second kappa shape index (κ2) is 8.36. The van der Waals surface area contributed by atoms with Gasteiger partial charge in [-0.2, -0.15) is 0 Å². The Morgan fingerprint density at radius 3 is 2.66 bits per heavy atom. The molecule has 0 aliphatic heterocycles. The molecule has 146 valence electrons. The standard InChI is InChI=1S/C22H20N4O2S/c1-15-7-6-10-18(13-15)26-12-11-23-22(26)29-20(17-8-4-3-5-9-17)21(27)24-19-14-16(2)28-25-19/h3-14,20H,1-2H3,(H,24,25,27)/t20-/m0/s1. The second-order valence-electron chi connectivity index (χ2n) is 6.64. The molecule has 0 unspecified atom stereocenters. The Labute approximate surface area is 173 Å². The Kier molecular flexibility index (Phi) is 5.48. The van der Waals surface area contributed by atoms with Crippen LogP contribution in [0.2, 0.25) is 0 Å². The molecule has 0 aliphatic carbocycles. The molecule has 0 saturated heterocycles. The molecule has 1 N–H and O–H groups in total. The zero-order valence-corrected chi connectivity index (χ0v) is 16.9. The molecule has 0 aliphatic rings. The lowest BCUT2D eigenvalue weighted by molar-refractivity contribution is -0.115.